The molecule has 2 aromatic heterocycles. The summed E-state index contributed by atoms with van der Waals surface area (Å²) in [4.78, 5) is 0. The lowest BCUT2D eigenvalue weighted by molar-refractivity contribution is 0.522. The minimum absolute atomic E-state index is 0.0687. The third kappa shape index (κ3) is 2.75. The third-order valence-corrected chi connectivity index (χ3v) is 3.65. The molecule has 2 heterocycles. The Hall–Kier alpha value is -1.98. The van der Waals surface area contributed by atoms with Crippen LogP contribution in [0.15, 0.2) is 42.6 Å². The Morgan fingerprint density at radius 1 is 1.24 bits per heavy atom. The summed E-state index contributed by atoms with van der Waals surface area (Å²) in [6, 6.07) is 10.6. The fourth-order valence-corrected chi connectivity index (χ4v) is 2.39. The van der Waals surface area contributed by atoms with Crippen molar-refractivity contribution in [2.75, 3.05) is 0 Å². The Labute approximate surface area is 126 Å². The van der Waals surface area contributed by atoms with E-state index in [0.29, 0.717) is 12.1 Å². The van der Waals surface area contributed by atoms with Gasteiger partial charge in [0.2, 0.25) is 0 Å². The molecule has 0 fully saturated rings. The molecule has 0 bridgehead atoms. The van der Waals surface area contributed by atoms with Crippen LogP contribution < -0.4 is 5.32 Å². The van der Waals surface area contributed by atoms with Gasteiger partial charge < -0.3 is 5.32 Å². The number of rotatable bonds is 4. The van der Waals surface area contributed by atoms with Crippen LogP contribution in [0.5, 0.6) is 0 Å². The van der Waals surface area contributed by atoms with Gasteiger partial charge >= 0.3 is 0 Å². The van der Waals surface area contributed by atoms with Gasteiger partial charge in [-0.1, -0.05) is 29.8 Å². The zero-order valence-electron chi connectivity index (χ0n) is 11.4. The van der Waals surface area contributed by atoms with E-state index in [1.54, 1.807) is 12.1 Å². The molecule has 0 saturated carbocycles. The molecule has 1 N–H and O–H groups in total. The molecule has 6 heteroatoms. The number of benzene rings is 1. The summed E-state index contributed by atoms with van der Waals surface area (Å²) in [6.07, 6.45) is 1.91. The van der Waals surface area contributed by atoms with E-state index in [2.05, 4.69) is 15.5 Å². The van der Waals surface area contributed by atoms with E-state index in [1.165, 1.54) is 6.07 Å². The Morgan fingerprint density at radius 3 is 2.95 bits per heavy atom. The summed E-state index contributed by atoms with van der Waals surface area (Å²) >= 11 is 5.78. The first-order valence-electron chi connectivity index (χ1n) is 6.63. The summed E-state index contributed by atoms with van der Waals surface area (Å²) in [6.45, 7) is 2.33. The largest absolute Gasteiger partial charge is 0.303 e. The maximum absolute atomic E-state index is 13.8. The Morgan fingerprint density at radius 2 is 2.10 bits per heavy atom. The lowest BCUT2D eigenvalue weighted by atomic mass is 10.2. The average molecular weight is 305 g/mol. The standard InChI is InChI=1S/C15H14ClFN4/c1-10(15-20-19-13-7-2-3-8-21(13)15)18-9-11-5-4-6-12(16)14(11)17/h2-8,10,18H,9H2,1H3. The van der Waals surface area contributed by atoms with Gasteiger partial charge in [0.05, 0.1) is 11.1 Å². The molecular formula is C15H14ClFN4. The molecule has 3 aromatic rings. The van der Waals surface area contributed by atoms with E-state index in [-0.39, 0.29) is 16.9 Å². The number of nitrogens with one attached hydrogen (secondary N) is 1. The van der Waals surface area contributed by atoms with Crippen molar-refractivity contribution >= 4 is 17.2 Å². The smallest absolute Gasteiger partial charge is 0.160 e. The Bertz CT molecular complexity index is 771. The highest BCUT2D eigenvalue weighted by atomic mass is 35.5. The van der Waals surface area contributed by atoms with Crippen LogP contribution in [-0.2, 0) is 6.54 Å². The van der Waals surface area contributed by atoms with E-state index >= 15 is 0 Å². The number of nitrogens with zero attached hydrogens (tertiary/aromatic N) is 3. The topological polar surface area (TPSA) is 42.2 Å². The van der Waals surface area contributed by atoms with Crippen molar-refractivity contribution < 1.29 is 4.39 Å². The normalized spacial score (nSPS) is 12.7. The molecular weight excluding hydrogens is 291 g/mol. The molecule has 0 saturated heterocycles. The van der Waals surface area contributed by atoms with Crippen LogP contribution in [0.25, 0.3) is 5.65 Å². The summed E-state index contributed by atoms with van der Waals surface area (Å²) in [5.74, 6) is 0.401. The van der Waals surface area contributed by atoms with Crippen LogP contribution in [-0.4, -0.2) is 14.6 Å². The van der Waals surface area contributed by atoms with Crippen LogP contribution in [0.1, 0.15) is 24.4 Å². The van der Waals surface area contributed by atoms with Gasteiger partial charge in [0.1, 0.15) is 5.82 Å². The van der Waals surface area contributed by atoms with Crippen molar-refractivity contribution in [2.24, 2.45) is 0 Å². The van der Waals surface area contributed by atoms with Crippen LogP contribution in [0, 0.1) is 5.82 Å². The van der Waals surface area contributed by atoms with Gasteiger partial charge in [0.25, 0.3) is 0 Å². The van der Waals surface area contributed by atoms with Gasteiger partial charge in [-0.15, -0.1) is 10.2 Å². The van der Waals surface area contributed by atoms with Crippen molar-refractivity contribution in [1.82, 2.24) is 19.9 Å². The van der Waals surface area contributed by atoms with E-state index in [0.717, 1.165) is 11.5 Å². The van der Waals surface area contributed by atoms with E-state index in [9.17, 15) is 4.39 Å². The number of hydrogen-bond acceptors (Lipinski definition) is 3. The second-order valence-electron chi connectivity index (χ2n) is 4.80. The van der Waals surface area contributed by atoms with Crippen LogP contribution >= 0.6 is 11.6 Å². The lowest BCUT2D eigenvalue weighted by Gasteiger charge is -2.13. The predicted octanol–water partition coefficient (Wildman–Crippen LogP) is 3.37. The second-order valence-corrected chi connectivity index (χ2v) is 5.21. The van der Waals surface area contributed by atoms with Crippen molar-refractivity contribution in [1.29, 1.82) is 0 Å². The van der Waals surface area contributed by atoms with E-state index in [1.807, 2.05) is 35.7 Å². The van der Waals surface area contributed by atoms with E-state index in [4.69, 9.17) is 11.6 Å². The molecule has 1 unspecified atom stereocenters. The van der Waals surface area contributed by atoms with Gasteiger partial charge in [-0.05, 0) is 25.1 Å². The monoisotopic (exact) mass is 304 g/mol. The lowest BCUT2D eigenvalue weighted by Crippen LogP contribution is -2.21. The highest BCUT2D eigenvalue weighted by Gasteiger charge is 2.14. The van der Waals surface area contributed by atoms with Crippen LogP contribution in [0.4, 0.5) is 4.39 Å². The summed E-state index contributed by atoms with van der Waals surface area (Å²) in [5.41, 5.74) is 1.32. The maximum atomic E-state index is 13.8. The Kier molecular flexibility index (Phi) is 3.86. The van der Waals surface area contributed by atoms with E-state index < -0.39 is 0 Å². The zero-order valence-corrected chi connectivity index (χ0v) is 12.2. The van der Waals surface area contributed by atoms with Crippen molar-refractivity contribution in [2.45, 2.75) is 19.5 Å². The summed E-state index contributed by atoms with van der Waals surface area (Å²) < 4.78 is 15.8. The van der Waals surface area contributed by atoms with Crippen LogP contribution in [0.3, 0.4) is 0 Å². The van der Waals surface area contributed by atoms with Gasteiger partial charge in [0, 0.05) is 18.3 Å². The fourth-order valence-electron chi connectivity index (χ4n) is 2.19. The molecule has 1 aromatic carbocycles. The summed E-state index contributed by atoms with van der Waals surface area (Å²) in [7, 11) is 0. The molecule has 0 aliphatic heterocycles. The van der Waals surface area contributed by atoms with Crippen molar-refractivity contribution in [3.8, 4) is 0 Å². The van der Waals surface area contributed by atoms with Gasteiger partial charge in [-0.3, -0.25) is 4.40 Å². The fraction of sp³-hybridized carbons (Fsp3) is 0.200. The SMILES string of the molecule is CC(NCc1cccc(Cl)c1F)c1nnc2ccccn12. The second kappa shape index (κ2) is 5.79. The van der Waals surface area contributed by atoms with Gasteiger partial charge in [-0.25, -0.2) is 4.39 Å². The van der Waals surface area contributed by atoms with Crippen LogP contribution in [0.2, 0.25) is 5.02 Å². The molecule has 3 rings (SSSR count). The first-order valence-corrected chi connectivity index (χ1v) is 7.00. The number of fused-ring (bicyclic) bond motifs is 1. The van der Waals surface area contributed by atoms with Gasteiger partial charge in [-0.2, -0.15) is 0 Å². The third-order valence-electron chi connectivity index (χ3n) is 3.36. The minimum Gasteiger partial charge on any atom is -0.303 e. The first-order chi connectivity index (χ1) is 10.2. The van der Waals surface area contributed by atoms with Crippen molar-refractivity contribution in [3.05, 3.63) is 64.8 Å². The maximum Gasteiger partial charge on any atom is 0.160 e. The summed E-state index contributed by atoms with van der Waals surface area (Å²) in [5, 5.41) is 11.7. The Balaban J connectivity index is 1.77. The number of aromatic nitrogens is 3. The molecule has 108 valence electrons. The number of halogens is 2. The molecule has 0 amide bonds. The van der Waals surface area contributed by atoms with Gasteiger partial charge in [0.15, 0.2) is 11.5 Å². The molecule has 0 aliphatic carbocycles. The first kappa shape index (κ1) is 14.0. The molecule has 1 atom stereocenters. The quantitative estimate of drug-likeness (QED) is 0.803. The highest BCUT2D eigenvalue weighted by molar-refractivity contribution is 6.30. The molecule has 0 radical (unpaired) electrons. The molecule has 0 aliphatic rings. The predicted molar refractivity (Wildman–Crippen MR) is 79.7 cm³/mol. The molecule has 21 heavy (non-hydrogen) atoms. The highest BCUT2D eigenvalue weighted by Crippen LogP contribution is 2.19. The molecule has 4 nitrogen and oxygen atoms in total. The zero-order chi connectivity index (χ0) is 14.8. The minimum atomic E-state index is -0.384. The number of pyridine rings is 1. The average Bonchev–Trinajstić information content (AvgIpc) is 2.92. The molecule has 0 spiro atoms. The number of hydrogen-bond donors (Lipinski definition) is 1. The van der Waals surface area contributed by atoms with Crippen molar-refractivity contribution in [3.63, 3.8) is 0 Å².